The van der Waals surface area contributed by atoms with Gasteiger partial charge in [-0.1, -0.05) is 11.6 Å². The molecular formula is C16H20ClN5. The van der Waals surface area contributed by atoms with Crippen molar-refractivity contribution < 1.29 is 0 Å². The summed E-state index contributed by atoms with van der Waals surface area (Å²) < 4.78 is 1.55. The summed E-state index contributed by atoms with van der Waals surface area (Å²) in [6.07, 6.45) is 6.00. The van der Waals surface area contributed by atoms with Gasteiger partial charge in [-0.3, -0.25) is 0 Å². The highest BCUT2D eigenvalue weighted by molar-refractivity contribution is 6.34. The Morgan fingerprint density at radius 1 is 1.27 bits per heavy atom. The first kappa shape index (κ1) is 14.9. The van der Waals surface area contributed by atoms with Crippen molar-refractivity contribution in [3.05, 3.63) is 40.2 Å². The van der Waals surface area contributed by atoms with Gasteiger partial charge in [0.2, 0.25) is 5.95 Å². The molecule has 1 aromatic carbocycles. The molecule has 0 aliphatic carbocycles. The minimum atomic E-state index is 0.371. The second-order valence-corrected chi connectivity index (χ2v) is 6.01. The maximum absolute atomic E-state index is 6.51. The van der Waals surface area contributed by atoms with E-state index in [9.17, 15) is 0 Å². The molecule has 1 aliphatic heterocycles. The predicted octanol–water partition coefficient (Wildman–Crippen LogP) is 3.22. The maximum Gasteiger partial charge on any atom is 0.221 e. The number of imidazole rings is 1. The highest BCUT2D eigenvalue weighted by Gasteiger charge is 2.16. The molecule has 1 aliphatic rings. The van der Waals surface area contributed by atoms with E-state index in [1.165, 1.54) is 18.5 Å². The quantitative estimate of drug-likeness (QED) is 0.884. The fraction of sp³-hybridized carbons (Fsp3) is 0.375. The van der Waals surface area contributed by atoms with Gasteiger partial charge in [-0.25, -0.2) is 9.66 Å². The van der Waals surface area contributed by atoms with Crippen molar-refractivity contribution in [3.63, 3.8) is 0 Å². The lowest BCUT2D eigenvalue weighted by Crippen LogP contribution is -2.18. The second-order valence-electron chi connectivity index (χ2n) is 5.64. The predicted molar refractivity (Wildman–Crippen MR) is 92.0 cm³/mol. The Morgan fingerprint density at radius 3 is 2.64 bits per heavy atom. The highest BCUT2D eigenvalue weighted by Crippen LogP contribution is 2.31. The van der Waals surface area contributed by atoms with Crippen LogP contribution in [0.15, 0.2) is 23.4 Å². The minimum Gasteiger partial charge on any atom is -0.371 e. The lowest BCUT2D eigenvalue weighted by molar-refractivity contribution is 0.897. The van der Waals surface area contributed by atoms with Gasteiger partial charge in [0.25, 0.3) is 0 Å². The summed E-state index contributed by atoms with van der Waals surface area (Å²) in [6, 6.07) is 4.13. The molecule has 0 saturated carbocycles. The summed E-state index contributed by atoms with van der Waals surface area (Å²) in [6.45, 7) is 6.15. The van der Waals surface area contributed by atoms with Gasteiger partial charge < -0.3 is 10.6 Å². The molecule has 2 heterocycles. The number of hydrogen-bond acceptors (Lipinski definition) is 4. The molecule has 0 unspecified atom stereocenters. The highest BCUT2D eigenvalue weighted by atomic mass is 35.5. The Kier molecular flexibility index (Phi) is 4.07. The Bertz CT molecular complexity index is 714. The first-order chi connectivity index (χ1) is 10.6. The minimum absolute atomic E-state index is 0.371. The van der Waals surface area contributed by atoms with Crippen molar-refractivity contribution in [2.24, 2.45) is 5.10 Å². The molecule has 3 rings (SSSR count). The molecule has 1 fully saturated rings. The summed E-state index contributed by atoms with van der Waals surface area (Å²) >= 11 is 6.51. The van der Waals surface area contributed by atoms with Crippen LogP contribution in [0.25, 0.3) is 0 Å². The number of nitrogens with two attached hydrogens (primary N) is 1. The van der Waals surface area contributed by atoms with Crippen molar-refractivity contribution in [1.29, 1.82) is 0 Å². The van der Waals surface area contributed by atoms with Gasteiger partial charge in [0.05, 0.1) is 23.1 Å². The zero-order valence-corrected chi connectivity index (χ0v) is 13.6. The number of hydrogen-bond donors (Lipinski definition) is 1. The van der Waals surface area contributed by atoms with Crippen LogP contribution in [-0.2, 0) is 0 Å². The summed E-state index contributed by atoms with van der Waals surface area (Å²) in [5.74, 6) is 0.371. The third-order valence-corrected chi connectivity index (χ3v) is 4.49. The molecule has 0 spiro atoms. The van der Waals surface area contributed by atoms with Crippen LogP contribution in [0.1, 0.15) is 29.7 Å². The first-order valence-electron chi connectivity index (χ1n) is 7.46. The van der Waals surface area contributed by atoms with Crippen LogP contribution in [0.3, 0.4) is 0 Å². The molecule has 116 valence electrons. The number of rotatable bonds is 3. The zero-order chi connectivity index (χ0) is 15.7. The molecule has 2 N–H and O–H groups in total. The number of nitrogen functional groups attached to an aromatic ring is 1. The third-order valence-electron chi connectivity index (χ3n) is 3.99. The lowest BCUT2D eigenvalue weighted by atomic mass is 10.1. The molecule has 5 nitrogen and oxygen atoms in total. The summed E-state index contributed by atoms with van der Waals surface area (Å²) in [7, 11) is 0. The molecule has 2 aromatic rings. The second kappa shape index (κ2) is 6.01. The Balaban J connectivity index is 1.88. The Hall–Kier alpha value is -2.01. The Morgan fingerprint density at radius 2 is 2.00 bits per heavy atom. The van der Waals surface area contributed by atoms with Crippen molar-refractivity contribution >= 4 is 29.5 Å². The van der Waals surface area contributed by atoms with Crippen LogP contribution in [0.5, 0.6) is 0 Å². The average molecular weight is 318 g/mol. The largest absolute Gasteiger partial charge is 0.371 e. The van der Waals surface area contributed by atoms with E-state index in [2.05, 4.69) is 28.0 Å². The van der Waals surface area contributed by atoms with Crippen molar-refractivity contribution in [2.75, 3.05) is 23.7 Å². The molecule has 0 atom stereocenters. The normalized spacial score (nSPS) is 15.1. The fourth-order valence-electron chi connectivity index (χ4n) is 2.82. The van der Waals surface area contributed by atoms with Gasteiger partial charge in [-0.15, -0.1) is 0 Å². The van der Waals surface area contributed by atoms with E-state index in [0.29, 0.717) is 5.95 Å². The number of aryl methyl sites for hydroxylation is 1. The van der Waals surface area contributed by atoms with Gasteiger partial charge in [0.15, 0.2) is 0 Å². The Labute approximate surface area is 135 Å². The van der Waals surface area contributed by atoms with Crippen LogP contribution in [0, 0.1) is 13.8 Å². The van der Waals surface area contributed by atoms with Crippen molar-refractivity contribution in [1.82, 2.24) is 9.66 Å². The fourth-order valence-corrected chi connectivity index (χ4v) is 3.03. The molecule has 1 saturated heterocycles. The van der Waals surface area contributed by atoms with E-state index < -0.39 is 0 Å². The standard InChI is InChI=1S/C16H20ClN5/c1-11-10-22(16(18)20-11)19-9-13-5-6-14(12(2)15(13)17)21-7-3-4-8-21/h5-6,9-10H,3-4,7-8H2,1-2H3,(H2,18,20). The third kappa shape index (κ3) is 2.81. The van der Waals surface area contributed by atoms with E-state index in [-0.39, 0.29) is 0 Å². The van der Waals surface area contributed by atoms with E-state index in [4.69, 9.17) is 17.3 Å². The van der Waals surface area contributed by atoms with Crippen LogP contribution in [0.2, 0.25) is 5.02 Å². The van der Waals surface area contributed by atoms with Crippen LogP contribution < -0.4 is 10.6 Å². The van der Waals surface area contributed by atoms with Gasteiger partial charge >= 0.3 is 0 Å². The first-order valence-corrected chi connectivity index (χ1v) is 7.84. The monoisotopic (exact) mass is 317 g/mol. The van der Waals surface area contributed by atoms with Crippen LogP contribution >= 0.6 is 11.6 Å². The molecule has 0 bridgehead atoms. The van der Waals surface area contributed by atoms with Crippen molar-refractivity contribution in [2.45, 2.75) is 26.7 Å². The molecular weight excluding hydrogens is 298 g/mol. The van der Waals surface area contributed by atoms with E-state index in [1.807, 2.05) is 13.0 Å². The van der Waals surface area contributed by atoms with Gasteiger partial charge in [-0.05, 0) is 44.4 Å². The topological polar surface area (TPSA) is 59.4 Å². The molecule has 0 amide bonds. The van der Waals surface area contributed by atoms with E-state index in [0.717, 1.165) is 34.9 Å². The van der Waals surface area contributed by atoms with Gasteiger partial charge in [0, 0.05) is 24.3 Å². The number of halogens is 1. The van der Waals surface area contributed by atoms with Gasteiger partial charge in [0.1, 0.15) is 0 Å². The molecule has 6 heteroatoms. The van der Waals surface area contributed by atoms with E-state index >= 15 is 0 Å². The number of aromatic nitrogens is 2. The molecule has 22 heavy (non-hydrogen) atoms. The number of nitrogens with zero attached hydrogens (tertiary/aromatic N) is 4. The molecule has 1 aromatic heterocycles. The lowest BCUT2D eigenvalue weighted by Gasteiger charge is -2.21. The average Bonchev–Trinajstić information content (AvgIpc) is 3.10. The number of anilines is 2. The maximum atomic E-state index is 6.51. The van der Waals surface area contributed by atoms with Gasteiger partial charge in [-0.2, -0.15) is 5.10 Å². The molecule has 0 radical (unpaired) electrons. The van der Waals surface area contributed by atoms with E-state index in [1.54, 1.807) is 17.1 Å². The van der Waals surface area contributed by atoms with Crippen LogP contribution in [-0.4, -0.2) is 29.0 Å². The number of benzene rings is 1. The summed E-state index contributed by atoms with van der Waals surface area (Å²) in [5.41, 5.74) is 9.81. The smallest absolute Gasteiger partial charge is 0.221 e. The van der Waals surface area contributed by atoms with Crippen LogP contribution in [0.4, 0.5) is 11.6 Å². The summed E-state index contributed by atoms with van der Waals surface area (Å²) in [5, 5.41) is 5.07. The SMILES string of the molecule is Cc1cn(N=Cc2ccc(N3CCCC3)c(C)c2Cl)c(N)n1. The summed E-state index contributed by atoms with van der Waals surface area (Å²) in [4.78, 5) is 6.51. The zero-order valence-electron chi connectivity index (χ0n) is 12.9. The van der Waals surface area contributed by atoms with Crippen molar-refractivity contribution in [3.8, 4) is 0 Å².